The smallest absolute Gasteiger partial charge is 0.262 e. The average molecular weight is 342 g/mol. The summed E-state index contributed by atoms with van der Waals surface area (Å²) in [7, 11) is 0. The topological polar surface area (TPSA) is 76.7 Å². The summed E-state index contributed by atoms with van der Waals surface area (Å²) in [5.74, 6) is 0.906. The van der Waals surface area contributed by atoms with E-state index in [1.165, 1.54) is 6.92 Å². The van der Waals surface area contributed by atoms with E-state index in [0.29, 0.717) is 23.7 Å². The van der Waals surface area contributed by atoms with Crippen molar-refractivity contribution < 1.29 is 19.1 Å². The minimum atomic E-state index is -0.286. The minimum Gasteiger partial charge on any atom is -0.494 e. The number of ether oxygens (including phenoxy) is 2. The number of benzene rings is 2. The van der Waals surface area contributed by atoms with Crippen molar-refractivity contribution in [2.45, 2.75) is 20.3 Å². The Hall–Kier alpha value is -3.02. The van der Waals surface area contributed by atoms with Gasteiger partial charge in [0, 0.05) is 18.3 Å². The standard InChI is InChI=1S/C19H22N2O4/c1-3-11-24-17-7-9-18(10-8-17)25-13-19(23)21-16-6-4-5-15(12-16)20-14(2)22/h4-10,12H,3,11,13H2,1-2H3,(H,20,22)(H,21,23). The van der Waals surface area contributed by atoms with Crippen LogP contribution in [0.25, 0.3) is 0 Å². The number of carbonyl (C=O) groups is 2. The SMILES string of the molecule is CCCOc1ccc(OCC(=O)Nc2cccc(NC(C)=O)c2)cc1. The Morgan fingerprint density at radius 2 is 1.52 bits per heavy atom. The summed E-state index contributed by atoms with van der Waals surface area (Å²) in [6, 6.07) is 14.0. The van der Waals surface area contributed by atoms with Gasteiger partial charge in [-0.05, 0) is 48.9 Å². The summed E-state index contributed by atoms with van der Waals surface area (Å²) < 4.78 is 10.9. The molecule has 6 nitrogen and oxygen atoms in total. The first-order chi connectivity index (χ1) is 12.1. The molecule has 2 N–H and O–H groups in total. The fourth-order valence-corrected chi connectivity index (χ4v) is 2.08. The van der Waals surface area contributed by atoms with Crippen LogP contribution in [-0.2, 0) is 9.59 Å². The van der Waals surface area contributed by atoms with Crippen LogP contribution in [0.1, 0.15) is 20.3 Å². The molecule has 0 atom stereocenters. The third kappa shape index (κ3) is 6.55. The lowest BCUT2D eigenvalue weighted by atomic mass is 10.2. The highest BCUT2D eigenvalue weighted by atomic mass is 16.5. The first-order valence-electron chi connectivity index (χ1n) is 8.10. The molecule has 0 saturated heterocycles. The molecule has 2 aromatic rings. The van der Waals surface area contributed by atoms with Crippen LogP contribution in [0, 0.1) is 0 Å². The lowest BCUT2D eigenvalue weighted by molar-refractivity contribution is -0.118. The molecule has 0 spiro atoms. The molecule has 0 unspecified atom stereocenters. The molecular formula is C19H22N2O4. The fourth-order valence-electron chi connectivity index (χ4n) is 2.08. The summed E-state index contributed by atoms with van der Waals surface area (Å²) >= 11 is 0. The molecule has 0 heterocycles. The van der Waals surface area contributed by atoms with E-state index >= 15 is 0 Å². The molecule has 0 saturated carbocycles. The highest BCUT2D eigenvalue weighted by molar-refractivity contribution is 5.94. The molecule has 25 heavy (non-hydrogen) atoms. The van der Waals surface area contributed by atoms with Gasteiger partial charge in [0.1, 0.15) is 11.5 Å². The van der Waals surface area contributed by atoms with Crippen molar-refractivity contribution in [1.29, 1.82) is 0 Å². The number of hydrogen-bond acceptors (Lipinski definition) is 4. The van der Waals surface area contributed by atoms with E-state index < -0.39 is 0 Å². The summed E-state index contributed by atoms with van der Waals surface area (Å²) in [6.45, 7) is 4.03. The zero-order chi connectivity index (χ0) is 18.1. The largest absolute Gasteiger partial charge is 0.494 e. The third-order valence-corrected chi connectivity index (χ3v) is 3.13. The molecule has 0 aromatic heterocycles. The van der Waals surface area contributed by atoms with Gasteiger partial charge in [0.2, 0.25) is 5.91 Å². The van der Waals surface area contributed by atoms with E-state index in [1.807, 2.05) is 6.92 Å². The average Bonchev–Trinajstić information content (AvgIpc) is 2.59. The lowest BCUT2D eigenvalue weighted by Crippen LogP contribution is -2.20. The Morgan fingerprint density at radius 1 is 0.920 bits per heavy atom. The maximum absolute atomic E-state index is 12.0. The second kappa shape index (κ2) is 9.32. The Morgan fingerprint density at radius 3 is 2.12 bits per heavy atom. The third-order valence-electron chi connectivity index (χ3n) is 3.13. The van der Waals surface area contributed by atoms with Crippen LogP contribution in [0.3, 0.4) is 0 Å². The number of rotatable bonds is 8. The van der Waals surface area contributed by atoms with Crippen LogP contribution in [0.4, 0.5) is 11.4 Å². The molecule has 2 rings (SSSR count). The predicted molar refractivity (Wildman–Crippen MR) is 97.1 cm³/mol. The van der Waals surface area contributed by atoms with Crippen molar-refractivity contribution in [2.75, 3.05) is 23.8 Å². The van der Waals surface area contributed by atoms with E-state index in [1.54, 1.807) is 48.5 Å². The van der Waals surface area contributed by atoms with E-state index in [9.17, 15) is 9.59 Å². The van der Waals surface area contributed by atoms with Crippen LogP contribution in [0.5, 0.6) is 11.5 Å². The van der Waals surface area contributed by atoms with Crippen LogP contribution in [-0.4, -0.2) is 25.0 Å². The zero-order valence-corrected chi connectivity index (χ0v) is 14.4. The molecule has 0 aliphatic rings. The van der Waals surface area contributed by atoms with Crippen molar-refractivity contribution in [3.8, 4) is 11.5 Å². The molecule has 2 amide bonds. The van der Waals surface area contributed by atoms with Crippen LogP contribution < -0.4 is 20.1 Å². The maximum Gasteiger partial charge on any atom is 0.262 e. The molecule has 2 aromatic carbocycles. The van der Waals surface area contributed by atoms with Crippen molar-refractivity contribution in [3.63, 3.8) is 0 Å². The maximum atomic E-state index is 12.0. The van der Waals surface area contributed by atoms with Gasteiger partial charge in [-0.3, -0.25) is 9.59 Å². The number of nitrogens with one attached hydrogen (secondary N) is 2. The highest BCUT2D eigenvalue weighted by Crippen LogP contribution is 2.18. The van der Waals surface area contributed by atoms with Gasteiger partial charge in [-0.25, -0.2) is 0 Å². The Bertz CT molecular complexity index is 714. The molecule has 0 aliphatic carbocycles. The first-order valence-corrected chi connectivity index (χ1v) is 8.10. The second-order valence-corrected chi connectivity index (χ2v) is 5.42. The summed E-state index contributed by atoms with van der Waals surface area (Å²) in [5, 5.41) is 5.39. The van der Waals surface area contributed by atoms with Crippen molar-refractivity contribution in [3.05, 3.63) is 48.5 Å². The monoisotopic (exact) mass is 342 g/mol. The molecule has 6 heteroatoms. The molecular weight excluding hydrogens is 320 g/mol. The van der Waals surface area contributed by atoms with Crippen LogP contribution >= 0.6 is 0 Å². The molecule has 132 valence electrons. The van der Waals surface area contributed by atoms with Crippen molar-refractivity contribution in [1.82, 2.24) is 0 Å². The number of amides is 2. The predicted octanol–water partition coefficient (Wildman–Crippen LogP) is 3.45. The minimum absolute atomic E-state index is 0.112. The van der Waals surface area contributed by atoms with Crippen LogP contribution in [0.15, 0.2) is 48.5 Å². The zero-order valence-electron chi connectivity index (χ0n) is 14.4. The van der Waals surface area contributed by atoms with E-state index in [2.05, 4.69) is 10.6 Å². The van der Waals surface area contributed by atoms with Gasteiger partial charge in [-0.1, -0.05) is 13.0 Å². The van der Waals surface area contributed by atoms with Gasteiger partial charge in [-0.15, -0.1) is 0 Å². The Labute approximate surface area is 147 Å². The number of carbonyl (C=O) groups excluding carboxylic acids is 2. The normalized spacial score (nSPS) is 10.0. The van der Waals surface area contributed by atoms with Crippen LogP contribution in [0.2, 0.25) is 0 Å². The van der Waals surface area contributed by atoms with Gasteiger partial charge in [0.15, 0.2) is 6.61 Å². The van der Waals surface area contributed by atoms with Gasteiger partial charge in [-0.2, -0.15) is 0 Å². The van der Waals surface area contributed by atoms with Crippen molar-refractivity contribution >= 4 is 23.2 Å². The summed E-state index contributed by atoms with van der Waals surface area (Å²) in [5.41, 5.74) is 1.21. The molecule has 0 bridgehead atoms. The van der Waals surface area contributed by atoms with E-state index in [4.69, 9.17) is 9.47 Å². The molecule has 0 fully saturated rings. The number of hydrogen-bond donors (Lipinski definition) is 2. The number of anilines is 2. The Kier molecular flexibility index (Phi) is 6.83. The first kappa shape index (κ1) is 18.3. The molecule has 0 radical (unpaired) electrons. The van der Waals surface area contributed by atoms with Gasteiger partial charge in [0.05, 0.1) is 6.61 Å². The quantitative estimate of drug-likeness (QED) is 0.770. The van der Waals surface area contributed by atoms with E-state index in [0.717, 1.165) is 12.2 Å². The summed E-state index contributed by atoms with van der Waals surface area (Å²) in [4.78, 5) is 23.0. The lowest BCUT2D eigenvalue weighted by Gasteiger charge is -2.10. The Balaban J connectivity index is 1.83. The fraction of sp³-hybridized carbons (Fsp3) is 0.263. The highest BCUT2D eigenvalue weighted by Gasteiger charge is 2.05. The second-order valence-electron chi connectivity index (χ2n) is 5.42. The van der Waals surface area contributed by atoms with Gasteiger partial charge >= 0.3 is 0 Å². The summed E-state index contributed by atoms with van der Waals surface area (Å²) in [6.07, 6.45) is 0.946. The van der Waals surface area contributed by atoms with Crippen molar-refractivity contribution in [2.24, 2.45) is 0 Å². The van der Waals surface area contributed by atoms with Gasteiger partial charge in [0.25, 0.3) is 5.91 Å². The van der Waals surface area contributed by atoms with E-state index in [-0.39, 0.29) is 18.4 Å². The molecule has 0 aliphatic heterocycles. The van der Waals surface area contributed by atoms with Gasteiger partial charge < -0.3 is 20.1 Å².